The summed E-state index contributed by atoms with van der Waals surface area (Å²) in [5.41, 5.74) is 1.01. The van der Waals surface area contributed by atoms with E-state index < -0.39 is 0 Å². The van der Waals surface area contributed by atoms with Crippen LogP contribution in [0.2, 0.25) is 0 Å². The summed E-state index contributed by atoms with van der Waals surface area (Å²) in [4.78, 5) is 2.48. The molecule has 1 aromatic carbocycles. The smallest absolute Gasteiger partial charge is 0.123 e. The van der Waals surface area contributed by atoms with Crippen molar-refractivity contribution in [3.63, 3.8) is 0 Å². The topological polar surface area (TPSA) is 24.5 Å². The lowest BCUT2D eigenvalue weighted by Crippen LogP contribution is -2.45. The summed E-state index contributed by atoms with van der Waals surface area (Å²) in [5.74, 6) is 0.696. The van der Waals surface area contributed by atoms with Gasteiger partial charge in [0.25, 0.3) is 0 Å². The van der Waals surface area contributed by atoms with Crippen molar-refractivity contribution < 1.29 is 9.13 Å². The maximum atomic E-state index is 13.2. The summed E-state index contributed by atoms with van der Waals surface area (Å²) in [5, 5.41) is 3.61. The lowest BCUT2D eigenvalue weighted by Gasteiger charge is -2.33. The minimum absolute atomic E-state index is 0.166. The Morgan fingerprint density at radius 3 is 2.90 bits per heavy atom. The predicted molar refractivity (Wildman–Crippen MR) is 82.3 cm³/mol. The Morgan fingerprint density at radius 2 is 2.14 bits per heavy atom. The summed E-state index contributed by atoms with van der Waals surface area (Å²) in [6, 6.07) is 5.52. The van der Waals surface area contributed by atoms with E-state index >= 15 is 0 Å². The molecule has 1 saturated heterocycles. The Labute approximate surface area is 126 Å². The molecule has 4 heteroatoms. The van der Waals surface area contributed by atoms with Gasteiger partial charge in [0.05, 0.1) is 0 Å². The molecule has 0 saturated carbocycles. The molecule has 2 heterocycles. The van der Waals surface area contributed by atoms with Crippen LogP contribution in [0.1, 0.15) is 31.7 Å². The molecule has 1 N–H and O–H groups in total. The van der Waals surface area contributed by atoms with Crippen molar-refractivity contribution in [1.29, 1.82) is 0 Å². The van der Waals surface area contributed by atoms with Gasteiger partial charge in [-0.15, -0.1) is 0 Å². The Balaban J connectivity index is 1.45. The molecule has 0 bridgehead atoms. The predicted octanol–water partition coefficient (Wildman–Crippen LogP) is 2.59. The standard InChI is InChI=1S/C17H25FN2O/c1-2-7-19-15-5-8-20(9-6-15)12-16-11-13-10-14(18)3-4-17(13)21-16/h3-4,10,15-16,19H,2,5-9,11-12H2,1H3. The maximum Gasteiger partial charge on any atom is 0.123 e. The average molecular weight is 292 g/mol. The molecule has 21 heavy (non-hydrogen) atoms. The fraction of sp³-hybridized carbons (Fsp3) is 0.647. The number of hydrogen-bond donors (Lipinski definition) is 1. The third-order valence-electron chi connectivity index (χ3n) is 4.50. The number of ether oxygens (including phenoxy) is 1. The summed E-state index contributed by atoms with van der Waals surface area (Å²) < 4.78 is 19.2. The molecule has 0 amide bonds. The van der Waals surface area contributed by atoms with Gasteiger partial charge in [0.2, 0.25) is 0 Å². The van der Waals surface area contributed by atoms with Crippen molar-refractivity contribution in [2.24, 2.45) is 0 Å². The number of halogens is 1. The third kappa shape index (κ3) is 3.74. The number of nitrogens with zero attached hydrogens (tertiary/aromatic N) is 1. The van der Waals surface area contributed by atoms with Crippen molar-refractivity contribution in [2.75, 3.05) is 26.2 Å². The molecule has 1 atom stereocenters. The van der Waals surface area contributed by atoms with Gasteiger partial charge in [0.15, 0.2) is 0 Å². The highest BCUT2D eigenvalue weighted by Gasteiger charge is 2.27. The lowest BCUT2D eigenvalue weighted by molar-refractivity contribution is 0.123. The van der Waals surface area contributed by atoms with Crippen LogP contribution in [0, 0.1) is 5.82 Å². The molecule has 0 aliphatic carbocycles. The summed E-state index contributed by atoms with van der Waals surface area (Å²) in [6.07, 6.45) is 4.65. The Morgan fingerprint density at radius 1 is 1.33 bits per heavy atom. The highest BCUT2D eigenvalue weighted by molar-refractivity contribution is 5.37. The number of hydrogen-bond acceptors (Lipinski definition) is 3. The number of benzene rings is 1. The van der Waals surface area contributed by atoms with Crippen LogP contribution >= 0.6 is 0 Å². The Hall–Kier alpha value is -1.13. The number of rotatable bonds is 5. The van der Waals surface area contributed by atoms with Crippen molar-refractivity contribution in [3.05, 3.63) is 29.6 Å². The molecule has 3 rings (SSSR count). The molecule has 3 nitrogen and oxygen atoms in total. The summed E-state index contributed by atoms with van der Waals surface area (Å²) in [7, 11) is 0. The van der Waals surface area contributed by atoms with Crippen LogP contribution < -0.4 is 10.1 Å². The van der Waals surface area contributed by atoms with Gasteiger partial charge in [-0.25, -0.2) is 4.39 Å². The van der Waals surface area contributed by atoms with E-state index in [1.807, 2.05) is 0 Å². The van der Waals surface area contributed by atoms with E-state index in [4.69, 9.17) is 4.74 Å². The normalized spacial score (nSPS) is 23.0. The molecular formula is C17H25FN2O. The molecule has 2 aliphatic heterocycles. The molecular weight excluding hydrogens is 267 g/mol. The van der Waals surface area contributed by atoms with Crippen molar-refractivity contribution in [2.45, 2.75) is 44.8 Å². The second kappa shape index (κ2) is 6.75. The van der Waals surface area contributed by atoms with Crippen molar-refractivity contribution >= 4 is 0 Å². The molecule has 0 spiro atoms. The van der Waals surface area contributed by atoms with Crippen LogP contribution in [0.5, 0.6) is 5.75 Å². The van der Waals surface area contributed by atoms with Gasteiger partial charge in [-0.2, -0.15) is 0 Å². The zero-order chi connectivity index (χ0) is 14.7. The second-order valence-electron chi connectivity index (χ2n) is 6.23. The maximum absolute atomic E-state index is 13.2. The number of nitrogens with one attached hydrogen (secondary N) is 1. The second-order valence-corrected chi connectivity index (χ2v) is 6.23. The van der Waals surface area contributed by atoms with Gasteiger partial charge in [0, 0.05) is 24.6 Å². The minimum atomic E-state index is -0.166. The third-order valence-corrected chi connectivity index (χ3v) is 4.50. The summed E-state index contributed by atoms with van der Waals surface area (Å²) >= 11 is 0. The number of fused-ring (bicyclic) bond motifs is 1. The first-order valence-electron chi connectivity index (χ1n) is 8.15. The monoisotopic (exact) mass is 292 g/mol. The molecule has 116 valence electrons. The van der Waals surface area contributed by atoms with Gasteiger partial charge < -0.3 is 10.1 Å². The molecule has 2 aliphatic rings. The zero-order valence-corrected chi connectivity index (χ0v) is 12.8. The first-order chi connectivity index (χ1) is 10.2. The van der Waals surface area contributed by atoms with E-state index in [1.165, 1.54) is 25.3 Å². The first-order valence-corrected chi connectivity index (χ1v) is 8.15. The number of likely N-dealkylation sites (tertiary alicyclic amines) is 1. The van der Waals surface area contributed by atoms with Crippen LogP contribution in [0.3, 0.4) is 0 Å². The molecule has 0 aromatic heterocycles. The van der Waals surface area contributed by atoms with Gasteiger partial charge in [-0.05, 0) is 57.1 Å². The van der Waals surface area contributed by atoms with Crippen molar-refractivity contribution in [1.82, 2.24) is 10.2 Å². The average Bonchev–Trinajstić information content (AvgIpc) is 2.88. The van der Waals surface area contributed by atoms with Crippen LogP contribution in [0.15, 0.2) is 18.2 Å². The Bertz CT molecular complexity index is 472. The molecule has 1 fully saturated rings. The number of piperidine rings is 1. The summed E-state index contributed by atoms with van der Waals surface area (Å²) in [6.45, 7) is 6.55. The lowest BCUT2D eigenvalue weighted by atomic mass is 10.0. The largest absolute Gasteiger partial charge is 0.488 e. The molecule has 0 radical (unpaired) electrons. The first kappa shape index (κ1) is 14.8. The van der Waals surface area contributed by atoms with Gasteiger partial charge >= 0.3 is 0 Å². The molecule has 1 unspecified atom stereocenters. The van der Waals surface area contributed by atoms with E-state index in [2.05, 4.69) is 17.1 Å². The fourth-order valence-electron chi connectivity index (χ4n) is 3.35. The van der Waals surface area contributed by atoms with Crippen LogP contribution in [0.25, 0.3) is 0 Å². The van der Waals surface area contributed by atoms with E-state index in [9.17, 15) is 4.39 Å². The highest BCUT2D eigenvalue weighted by atomic mass is 19.1. The molecule has 1 aromatic rings. The van der Waals surface area contributed by atoms with Crippen LogP contribution in [-0.2, 0) is 6.42 Å². The quantitative estimate of drug-likeness (QED) is 0.903. The van der Waals surface area contributed by atoms with Gasteiger partial charge in [0.1, 0.15) is 17.7 Å². The van der Waals surface area contributed by atoms with Gasteiger partial charge in [-0.1, -0.05) is 6.92 Å². The van der Waals surface area contributed by atoms with Gasteiger partial charge in [-0.3, -0.25) is 4.90 Å². The zero-order valence-electron chi connectivity index (χ0n) is 12.8. The van der Waals surface area contributed by atoms with E-state index in [1.54, 1.807) is 12.1 Å². The van der Waals surface area contributed by atoms with Crippen LogP contribution in [-0.4, -0.2) is 43.2 Å². The fourth-order valence-corrected chi connectivity index (χ4v) is 3.35. The van der Waals surface area contributed by atoms with E-state index in [0.717, 1.165) is 43.9 Å². The SMILES string of the molecule is CCCNC1CCN(CC2Cc3cc(F)ccc3O2)CC1. The minimum Gasteiger partial charge on any atom is -0.488 e. The van der Waals surface area contributed by atoms with E-state index in [0.29, 0.717) is 6.04 Å². The van der Waals surface area contributed by atoms with E-state index in [-0.39, 0.29) is 11.9 Å². The van der Waals surface area contributed by atoms with Crippen LogP contribution in [0.4, 0.5) is 4.39 Å². The Kier molecular flexibility index (Phi) is 4.76. The van der Waals surface area contributed by atoms with Crippen molar-refractivity contribution in [3.8, 4) is 5.75 Å². The highest BCUT2D eigenvalue weighted by Crippen LogP contribution is 2.29.